The van der Waals surface area contributed by atoms with Crippen molar-refractivity contribution in [1.82, 2.24) is 19.7 Å². The van der Waals surface area contributed by atoms with Crippen LogP contribution >= 0.6 is 11.3 Å². The van der Waals surface area contributed by atoms with Crippen molar-refractivity contribution in [3.8, 4) is 5.82 Å². The van der Waals surface area contributed by atoms with Crippen LogP contribution in [0.3, 0.4) is 0 Å². The number of rotatable bonds is 8. The number of amides is 1. The Morgan fingerprint density at radius 1 is 1.09 bits per heavy atom. The third-order valence-electron chi connectivity index (χ3n) is 5.42. The summed E-state index contributed by atoms with van der Waals surface area (Å²) in [4.78, 5) is 37.2. The molecule has 9 heteroatoms. The topological polar surface area (TPSA) is 90.2 Å². The number of ether oxygens (including phenoxy) is 1. The maximum Gasteiger partial charge on any atom is 0.358 e. The van der Waals surface area contributed by atoms with E-state index in [1.54, 1.807) is 41.8 Å². The van der Waals surface area contributed by atoms with E-state index in [4.69, 9.17) is 4.74 Å². The lowest BCUT2D eigenvalue weighted by molar-refractivity contribution is 0.0519. The summed E-state index contributed by atoms with van der Waals surface area (Å²) in [6.07, 6.45) is 2.19. The second-order valence-electron chi connectivity index (χ2n) is 8.06. The Balaban J connectivity index is 1.64. The van der Waals surface area contributed by atoms with E-state index in [-0.39, 0.29) is 18.2 Å². The fourth-order valence-corrected chi connectivity index (χ4v) is 4.63. The number of aromatic nitrogens is 4. The third kappa shape index (κ3) is 5.46. The molecule has 0 saturated heterocycles. The lowest BCUT2D eigenvalue weighted by Crippen LogP contribution is -2.33. The second-order valence-corrected chi connectivity index (χ2v) is 9.24. The highest BCUT2D eigenvalue weighted by molar-refractivity contribution is 7.16. The van der Waals surface area contributed by atoms with Gasteiger partial charge in [0.2, 0.25) is 0 Å². The van der Waals surface area contributed by atoms with E-state index in [1.165, 1.54) is 11.3 Å². The number of aryl methyl sites for hydroxylation is 3. The summed E-state index contributed by atoms with van der Waals surface area (Å²) >= 11 is 1.30. The molecule has 0 aliphatic heterocycles. The predicted octanol–water partition coefficient (Wildman–Crippen LogP) is 4.72. The molecule has 0 bridgehead atoms. The van der Waals surface area contributed by atoms with Gasteiger partial charge in [0.15, 0.2) is 16.6 Å². The summed E-state index contributed by atoms with van der Waals surface area (Å²) in [7, 11) is 0. The van der Waals surface area contributed by atoms with Gasteiger partial charge in [-0.05, 0) is 57.9 Å². The molecule has 35 heavy (non-hydrogen) atoms. The van der Waals surface area contributed by atoms with Crippen LogP contribution in [0.4, 0.5) is 5.13 Å². The summed E-state index contributed by atoms with van der Waals surface area (Å²) in [5.74, 6) is -0.0888. The zero-order valence-corrected chi connectivity index (χ0v) is 21.0. The van der Waals surface area contributed by atoms with E-state index >= 15 is 0 Å². The van der Waals surface area contributed by atoms with Crippen LogP contribution in [0, 0.1) is 20.8 Å². The number of benzene rings is 1. The normalized spacial score (nSPS) is 10.9. The predicted molar refractivity (Wildman–Crippen MR) is 135 cm³/mol. The minimum atomic E-state index is -0.487. The summed E-state index contributed by atoms with van der Waals surface area (Å²) in [6, 6.07) is 15.4. The van der Waals surface area contributed by atoms with E-state index in [1.807, 2.05) is 50.2 Å². The SMILES string of the molecule is CCOC(=O)c1nc(N(CCc2ccccc2)C(=O)c2ccc(-n3nc(C)cc3C)nc2)sc1C. The molecule has 0 radical (unpaired) electrons. The Kier molecular flexibility index (Phi) is 7.36. The second kappa shape index (κ2) is 10.6. The van der Waals surface area contributed by atoms with Gasteiger partial charge in [-0.25, -0.2) is 19.4 Å². The number of nitrogens with zero attached hydrogens (tertiary/aromatic N) is 5. The molecule has 1 amide bonds. The Labute approximate surface area is 208 Å². The van der Waals surface area contributed by atoms with Gasteiger partial charge in [0.05, 0.1) is 17.9 Å². The molecular weight excluding hydrogens is 462 g/mol. The molecule has 1 aromatic carbocycles. The molecular formula is C26H27N5O3S. The number of esters is 1. The minimum Gasteiger partial charge on any atom is -0.461 e. The quantitative estimate of drug-likeness (QED) is 0.333. The summed E-state index contributed by atoms with van der Waals surface area (Å²) in [5.41, 5.74) is 3.62. The number of carbonyl (C=O) groups is 2. The molecule has 0 aliphatic rings. The molecule has 0 unspecified atom stereocenters. The minimum absolute atomic E-state index is 0.238. The highest BCUT2D eigenvalue weighted by Crippen LogP contribution is 2.28. The summed E-state index contributed by atoms with van der Waals surface area (Å²) < 4.78 is 6.87. The summed E-state index contributed by atoms with van der Waals surface area (Å²) in [6.45, 7) is 8.09. The van der Waals surface area contributed by atoms with Crippen molar-refractivity contribution in [3.05, 3.63) is 87.8 Å². The maximum atomic E-state index is 13.6. The van der Waals surface area contributed by atoms with Crippen LogP contribution in [-0.2, 0) is 11.2 Å². The van der Waals surface area contributed by atoms with Gasteiger partial charge in [-0.1, -0.05) is 30.3 Å². The largest absolute Gasteiger partial charge is 0.461 e. The smallest absolute Gasteiger partial charge is 0.358 e. The highest BCUT2D eigenvalue weighted by Gasteiger charge is 2.25. The first-order valence-electron chi connectivity index (χ1n) is 11.4. The molecule has 0 N–H and O–H groups in total. The molecule has 3 heterocycles. The number of hydrogen-bond acceptors (Lipinski definition) is 7. The standard InChI is InChI=1S/C26H27N5O3S/c1-5-34-25(33)23-19(4)35-26(28-23)30(14-13-20-9-7-6-8-10-20)24(32)21-11-12-22(27-16-21)31-18(3)15-17(2)29-31/h6-12,15-16H,5,13-14H2,1-4H3. The molecule has 4 aromatic rings. The highest BCUT2D eigenvalue weighted by atomic mass is 32.1. The van der Waals surface area contributed by atoms with Crippen LogP contribution in [0.2, 0.25) is 0 Å². The van der Waals surface area contributed by atoms with Gasteiger partial charge in [0.25, 0.3) is 5.91 Å². The fraction of sp³-hybridized carbons (Fsp3) is 0.269. The molecule has 4 rings (SSSR count). The molecule has 180 valence electrons. The summed E-state index contributed by atoms with van der Waals surface area (Å²) in [5, 5.41) is 4.90. The third-order valence-corrected chi connectivity index (χ3v) is 6.41. The van der Waals surface area contributed by atoms with Crippen molar-refractivity contribution < 1.29 is 14.3 Å². The van der Waals surface area contributed by atoms with Crippen LogP contribution < -0.4 is 4.90 Å². The van der Waals surface area contributed by atoms with E-state index in [0.29, 0.717) is 34.4 Å². The van der Waals surface area contributed by atoms with Gasteiger partial charge in [0.1, 0.15) is 0 Å². The lowest BCUT2D eigenvalue weighted by Gasteiger charge is -2.20. The van der Waals surface area contributed by atoms with Gasteiger partial charge < -0.3 is 4.74 Å². The first-order valence-corrected chi connectivity index (χ1v) is 12.2. The maximum absolute atomic E-state index is 13.6. The van der Waals surface area contributed by atoms with E-state index < -0.39 is 5.97 Å². The van der Waals surface area contributed by atoms with Gasteiger partial charge in [0, 0.05) is 23.3 Å². The van der Waals surface area contributed by atoms with Crippen LogP contribution in [0.25, 0.3) is 5.82 Å². The van der Waals surface area contributed by atoms with Crippen molar-refractivity contribution >= 4 is 28.3 Å². The first-order chi connectivity index (χ1) is 16.9. The van der Waals surface area contributed by atoms with Gasteiger partial charge in [-0.2, -0.15) is 5.10 Å². The number of pyridine rings is 1. The van der Waals surface area contributed by atoms with Crippen molar-refractivity contribution in [3.63, 3.8) is 0 Å². The monoisotopic (exact) mass is 489 g/mol. The molecule has 3 aromatic heterocycles. The zero-order valence-electron chi connectivity index (χ0n) is 20.2. The first kappa shape index (κ1) is 24.3. The number of anilines is 1. The Bertz CT molecular complexity index is 1330. The molecule has 0 fully saturated rings. The van der Waals surface area contributed by atoms with Crippen molar-refractivity contribution in [2.75, 3.05) is 18.1 Å². The van der Waals surface area contributed by atoms with Crippen molar-refractivity contribution in [2.45, 2.75) is 34.1 Å². The number of thiazole rings is 1. The Morgan fingerprint density at radius 2 is 1.86 bits per heavy atom. The Morgan fingerprint density at radius 3 is 2.49 bits per heavy atom. The van der Waals surface area contributed by atoms with Gasteiger partial charge >= 0.3 is 5.97 Å². The molecule has 0 aliphatic carbocycles. The molecule has 0 spiro atoms. The van der Waals surface area contributed by atoms with Crippen LogP contribution in [0.1, 0.15) is 49.6 Å². The lowest BCUT2D eigenvalue weighted by atomic mass is 10.1. The molecule has 0 saturated carbocycles. The number of carbonyl (C=O) groups excluding carboxylic acids is 2. The fourth-order valence-electron chi connectivity index (χ4n) is 3.71. The average molecular weight is 490 g/mol. The Hall–Kier alpha value is -3.85. The van der Waals surface area contributed by atoms with Crippen LogP contribution in [0.15, 0.2) is 54.7 Å². The molecule has 8 nitrogen and oxygen atoms in total. The van der Waals surface area contributed by atoms with E-state index in [9.17, 15) is 9.59 Å². The molecule has 0 atom stereocenters. The van der Waals surface area contributed by atoms with Crippen LogP contribution in [0.5, 0.6) is 0 Å². The van der Waals surface area contributed by atoms with Crippen molar-refractivity contribution in [2.24, 2.45) is 0 Å². The number of hydrogen-bond donors (Lipinski definition) is 0. The average Bonchev–Trinajstić information content (AvgIpc) is 3.41. The van der Waals surface area contributed by atoms with Crippen LogP contribution in [-0.4, -0.2) is 44.8 Å². The van der Waals surface area contributed by atoms with Gasteiger partial charge in [-0.15, -0.1) is 11.3 Å². The van der Waals surface area contributed by atoms with Crippen molar-refractivity contribution in [1.29, 1.82) is 0 Å². The van der Waals surface area contributed by atoms with Gasteiger partial charge in [-0.3, -0.25) is 9.69 Å². The zero-order chi connectivity index (χ0) is 24.9. The van der Waals surface area contributed by atoms with E-state index in [0.717, 1.165) is 17.0 Å². The van der Waals surface area contributed by atoms with E-state index in [2.05, 4.69) is 15.1 Å².